The van der Waals surface area contributed by atoms with Crippen LogP contribution in [-0.4, -0.2) is 21.4 Å². The maximum atomic E-state index is 13.1. The number of aryl methyl sites for hydroxylation is 2. The first-order valence-corrected chi connectivity index (χ1v) is 11.4. The van der Waals surface area contributed by atoms with E-state index < -0.39 is 11.5 Å². The van der Waals surface area contributed by atoms with Crippen LogP contribution in [0.5, 0.6) is 0 Å². The van der Waals surface area contributed by atoms with Crippen molar-refractivity contribution in [2.45, 2.75) is 20.4 Å². The Hall–Kier alpha value is -3.20. The normalized spacial score (nSPS) is 10.9. The van der Waals surface area contributed by atoms with Crippen LogP contribution >= 0.6 is 34.5 Å². The zero-order valence-electron chi connectivity index (χ0n) is 17.6. The fraction of sp³-hybridized carbons (Fsp3) is 0.130. The van der Waals surface area contributed by atoms with Gasteiger partial charge in [0, 0.05) is 5.69 Å². The maximum Gasteiger partial charge on any atom is 0.266 e. The molecular formula is C23H18Cl2N4O3S. The number of thiophene rings is 1. The zero-order chi connectivity index (χ0) is 23.7. The van der Waals surface area contributed by atoms with Gasteiger partial charge in [-0.05, 0) is 43.2 Å². The summed E-state index contributed by atoms with van der Waals surface area (Å²) in [7, 11) is 0. The molecule has 168 valence electrons. The smallest absolute Gasteiger partial charge is 0.266 e. The van der Waals surface area contributed by atoms with E-state index in [2.05, 4.69) is 15.6 Å². The van der Waals surface area contributed by atoms with Gasteiger partial charge in [-0.3, -0.25) is 19.0 Å². The van der Waals surface area contributed by atoms with Crippen LogP contribution < -0.4 is 16.2 Å². The molecule has 0 saturated carbocycles. The number of fused-ring (bicyclic) bond motifs is 1. The van der Waals surface area contributed by atoms with Gasteiger partial charge in [0.1, 0.15) is 11.4 Å². The molecule has 2 heterocycles. The average molecular weight is 501 g/mol. The van der Waals surface area contributed by atoms with Gasteiger partial charge in [-0.15, -0.1) is 11.3 Å². The molecule has 0 atom stereocenters. The lowest BCUT2D eigenvalue weighted by Gasteiger charge is -2.09. The lowest BCUT2D eigenvalue weighted by Crippen LogP contribution is -2.28. The van der Waals surface area contributed by atoms with Gasteiger partial charge in [0.2, 0.25) is 5.91 Å². The van der Waals surface area contributed by atoms with E-state index in [9.17, 15) is 14.4 Å². The third-order valence-electron chi connectivity index (χ3n) is 5.06. The van der Waals surface area contributed by atoms with Gasteiger partial charge in [-0.2, -0.15) is 0 Å². The molecule has 0 aliphatic rings. The van der Waals surface area contributed by atoms with Gasteiger partial charge in [0.25, 0.3) is 11.5 Å². The summed E-state index contributed by atoms with van der Waals surface area (Å²) < 4.78 is 1.19. The number of amides is 2. The van der Waals surface area contributed by atoms with Crippen LogP contribution in [0.4, 0.5) is 11.4 Å². The van der Waals surface area contributed by atoms with Crippen molar-refractivity contribution in [3.63, 3.8) is 0 Å². The highest BCUT2D eigenvalue weighted by molar-refractivity contribution is 7.20. The molecule has 0 saturated heterocycles. The molecular weight excluding hydrogens is 483 g/mol. The predicted molar refractivity (Wildman–Crippen MR) is 133 cm³/mol. The summed E-state index contributed by atoms with van der Waals surface area (Å²) in [5.41, 5.74) is 2.08. The Morgan fingerprint density at radius 1 is 1.03 bits per heavy atom. The topological polar surface area (TPSA) is 93.1 Å². The van der Waals surface area contributed by atoms with E-state index in [1.54, 1.807) is 25.1 Å². The molecule has 0 radical (unpaired) electrons. The molecule has 4 rings (SSSR count). The first-order valence-electron chi connectivity index (χ1n) is 9.85. The quantitative estimate of drug-likeness (QED) is 0.390. The van der Waals surface area contributed by atoms with Crippen LogP contribution in [-0.2, 0) is 11.3 Å². The minimum absolute atomic E-state index is 0.214. The van der Waals surface area contributed by atoms with Crippen LogP contribution in [0, 0.1) is 13.8 Å². The number of hydrogen-bond donors (Lipinski definition) is 2. The lowest BCUT2D eigenvalue weighted by molar-refractivity contribution is -0.116. The number of aromatic nitrogens is 2. The molecule has 0 fully saturated rings. The molecule has 10 heteroatoms. The molecule has 0 aliphatic heterocycles. The first-order chi connectivity index (χ1) is 15.8. The maximum absolute atomic E-state index is 13.1. The van der Waals surface area contributed by atoms with Gasteiger partial charge >= 0.3 is 0 Å². The van der Waals surface area contributed by atoms with Crippen molar-refractivity contribution < 1.29 is 9.59 Å². The Morgan fingerprint density at radius 2 is 1.76 bits per heavy atom. The fourth-order valence-electron chi connectivity index (χ4n) is 3.33. The minimum Gasteiger partial charge on any atom is -0.323 e. The second kappa shape index (κ2) is 9.35. The summed E-state index contributed by atoms with van der Waals surface area (Å²) in [6.07, 6.45) is 1.29. The summed E-state index contributed by atoms with van der Waals surface area (Å²) in [6.45, 7) is 3.32. The largest absolute Gasteiger partial charge is 0.323 e. The first kappa shape index (κ1) is 23.0. The van der Waals surface area contributed by atoms with Crippen molar-refractivity contribution in [3.8, 4) is 0 Å². The molecule has 2 amide bonds. The third kappa shape index (κ3) is 4.64. The third-order valence-corrected chi connectivity index (χ3v) is 7.07. The zero-order valence-corrected chi connectivity index (χ0v) is 19.9. The highest BCUT2D eigenvalue weighted by Crippen LogP contribution is 2.30. The summed E-state index contributed by atoms with van der Waals surface area (Å²) in [5, 5.41) is 6.35. The van der Waals surface area contributed by atoms with E-state index >= 15 is 0 Å². The Labute approximate surface area is 203 Å². The Morgan fingerprint density at radius 3 is 2.52 bits per heavy atom. The number of hydrogen-bond acceptors (Lipinski definition) is 5. The van der Waals surface area contributed by atoms with E-state index in [1.165, 1.54) is 10.9 Å². The summed E-state index contributed by atoms with van der Waals surface area (Å²) in [5.74, 6) is -0.781. The van der Waals surface area contributed by atoms with E-state index in [1.807, 2.05) is 31.2 Å². The SMILES string of the molecule is Cc1ccccc1NC(=O)c1sc2ncn(CC(=O)Nc3cccc(Cl)c3Cl)c(=O)c2c1C. The Bertz CT molecular complexity index is 1460. The van der Waals surface area contributed by atoms with Gasteiger partial charge in [-0.25, -0.2) is 4.98 Å². The van der Waals surface area contributed by atoms with Gasteiger partial charge in [0.15, 0.2) is 0 Å². The van der Waals surface area contributed by atoms with E-state index in [0.717, 1.165) is 16.9 Å². The average Bonchev–Trinajstić information content (AvgIpc) is 3.12. The number of nitrogens with one attached hydrogen (secondary N) is 2. The lowest BCUT2D eigenvalue weighted by atomic mass is 10.2. The van der Waals surface area contributed by atoms with E-state index in [-0.39, 0.29) is 17.5 Å². The van der Waals surface area contributed by atoms with Gasteiger partial charge in [0.05, 0.1) is 32.3 Å². The number of halogens is 2. The molecule has 2 aromatic heterocycles. The van der Waals surface area contributed by atoms with E-state index in [0.29, 0.717) is 37.1 Å². The van der Waals surface area contributed by atoms with Crippen molar-refractivity contribution in [1.29, 1.82) is 0 Å². The number of carbonyl (C=O) groups excluding carboxylic acids is 2. The van der Waals surface area contributed by atoms with Crippen molar-refractivity contribution in [1.82, 2.24) is 9.55 Å². The molecule has 33 heavy (non-hydrogen) atoms. The van der Waals surface area contributed by atoms with Crippen LogP contribution in [0.25, 0.3) is 10.2 Å². The summed E-state index contributed by atoms with van der Waals surface area (Å²) in [6, 6.07) is 12.3. The molecule has 0 spiro atoms. The highest BCUT2D eigenvalue weighted by Gasteiger charge is 2.20. The van der Waals surface area contributed by atoms with E-state index in [4.69, 9.17) is 23.2 Å². The Kier molecular flexibility index (Phi) is 6.51. The van der Waals surface area contributed by atoms with Crippen LogP contribution in [0.2, 0.25) is 10.0 Å². The second-order valence-corrected chi connectivity index (χ2v) is 9.12. The summed E-state index contributed by atoms with van der Waals surface area (Å²) in [4.78, 5) is 43.6. The molecule has 0 unspecified atom stereocenters. The standard InChI is InChI=1S/C23H18Cl2N4O3S/c1-12-6-3-4-8-15(12)28-21(31)20-13(2)18-22(33-20)26-11-29(23(18)32)10-17(30)27-16-9-5-7-14(24)19(16)25/h3-9,11H,10H2,1-2H3,(H,27,30)(H,28,31). The molecule has 2 aromatic carbocycles. The molecule has 2 N–H and O–H groups in total. The number of rotatable bonds is 5. The highest BCUT2D eigenvalue weighted by atomic mass is 35.5. The number of nitrogens with zero attached hydrogens (tertiary/aromatic N) is 2. The van der Waals surface area contributed by atoms with Gasteiger partial charge < -0.3 is 10.6 Å². The van der Waals surface area contributed by atoms with Crippen molar-refractivity contribution >= 4 is 67.9 Å². The van der Waals surface area contributed by atoms with Crippen LogP contribution in [0.1, 0.15) is 20.8 Å². The van der Waals surface area contributed by atoms with Crippen molar-refractivity contribution in [3.05, 3.63) is 85.2 Å². The fourth-order valence-corrected chi connectivity index (χ4v) is 4.71. The second-order valence-electron chi connectivity index (χ2n) is 7.33. The van der Waals surface area contributed by atoms with Gasteiger partial charge in [-0.1, -0.05) is 47.5 Å². The predicted octanol–water partition coefficient (Wildman–Crippen LogP) is 5.27. The number of carbonyl (C=O) groups is 2. The van der Waals surface area contributed by atoms with Crippen molar-refractivity contribution in [2.24, 2.45) is 0 Å². The number of benzene rings is 2. The van der Waals surface area contributed by atoms with Crippen LogP contribution in [0.15, 0.2) is 53.6 Å². The number of para-hydroxylation sites is 1. The number of anilines is 2. The van der Waals surface area contributed by atoms with Crippen molar-refractivity contribution in [2.75, 3.05) is 10.6 Å². The molecule has 4 aromatic rings. The molecule has 0 aliphatic carbocycles. The van der Waals surface area contributed by atoms with Crippen LogP contribution in [0.3, 0.4) is 0 Å². The molecule has 0 bridgehead atoms. The summed E-state index contributed by atoms with van der Waals surface area (Å²) >= 11 is 13.2. The monoisotopic (exact) mass is 500 g/mol. The Balaban J connectivity index is 1.60. The molecule has 7 nitrogen and oxygen atoms in total. The minimum atomic E-state index is -0.465.